The smallest absolute Gasteiger partial charge is 0.345 e. The molecule has 1 heterocycles. The van der Waals surface area contributed by atoms with Gasteiger partial charge in [0.05, 0.1) is 12.7 Å². The summed E-state index contributed by atoms with van der Waals surface area (Å²) in [6, 6.07) is 9.26. The summed E-state index contributed by atoms with van der Waals surface area (Å²) in [5.74, 6) is -1.31. The second kappa shape index (κ2) is 10.8. The summed E-state index contributed by atoms with van der Waals surface area (Å²) >= 11 is 0. The standard InChI is InChI=1S/C27H39NO5/c1-6-31-24(29)23(17-20-13-9-7-10-14-20)25(30)32-22-18-26(2,3)28(27(4,5)19-22)33-21-15-11-8-12-16-21/h7,9-10,13-14,17,21-22H,6,8,11-12,15-16,18-19H2,1-5H3. The highest BCUT2D eigenvalue weighted by Crippen LogP contribution is 2.41. The molecule has 0 radical (unpaired) electrons. The van der Waals surface area contributed by atoms with Crippen LogP contribution in [0.2, 0.25) is 0 Å². The summed E-state index contributed by atoms with van der Waals surface area (Å²) in [5.41, 5.74) is 0.0165. The van der Waals surface area contributed by atoms with Crippen molar-refractivity contribution in [1.82, 2.24) is 5.06 Å². The predicted octanol–water partition coefficient (Wildman–Crippen LogP) is 5.46. The molecule has 33 heavy (non-hydrogen) atoms. The second-order valence-corrected chi connectivity index (χ2v) is 10.4. The molecule has 0 amide bonds. The predicted molar refractivity (Wildman–Crippen MR) is 128 cm³/mol. The maximum absolute atomic E-state index is 13.1. The summed E-state index contributed by atoms with van der Waals surface area (Å²) in [6.45, 7) is 10.4. The number of rotatable bonds is 7. The third-order valence-electron chi connectivity index (χ3n) is 6.46. The first-order valence-electron chi connectivity index (χ1n) is 12.2. The van der Waals surface area contributed by atoms with E-state index < -0.39 is 11.9 Å². The van der Waals surface area contributed by atoms with Gasteiger partial charge in [0.15, 0.2) is 0 Å². The van der Waals surface area contributed by atoms with Crippen molar-refractivity contribution in [3.63, 3.8) is 0 Å². The zero-order valence-electron chi connectivity index (χ0n) is 20.8. The number of piperidine rings is 1. The van der Waals surface area contributed by atoms with Crippen LogP contribution in [0, 0.1) is 0 Å². The molecule has 1 aliphatic carbocycles. The van der Waals surface area contributed by atoms with Gasteiger partial charge in [-0.1, -0.05) is 49.6 Å². The van der Waals surface area contributed by atoms with Gasteiger partial charge < -0.3 is 9.47 Å². The Labute approximate surface area is 198 Å². The number of carbonyl (C=O) groups excluding carboxylic acids is 2. The molecule has 1 aromatic rings. The molecule has 0 spiro atoms. The fourth-order valence-electron chi connectivity index (χ4n) is 5.20. The third-order valence-corrected chi connectivity index (χ3v) is 6.46. The summed E-state index contributed by atoms with van der Waals surface area (Å²) in [4.78, 5) is 32.2. The lowest BCUT2D eigenvalue weighted by molar-refractivity contribution is -0.317. The number of nitrogens with zero attached hydrogens (tertiary/aromatic N) is 1. The van der Waals surface area contributed by atoms with Crippen LogP contribution in [0.3, 0.4) is 0 Å². The molecule has 6 heteroatoms. The lowest BCUT2D eigenvalue weighted by atomic mass is 9.80. The van der Waals surface area contributed by atoms with Crippen LogP contribution in [0.15, 0.2) is 35.9 Å². The number of hydroxylamine groups is 2. The van der Waals surface area contributed by atoms with Crippen LogP contribution >= 0.6 is 0 Å². The Morgan fingerprint density at radius 3 is 2.12 bits per heavy atom. The van der Waals surface area contributed by atoms with Gasteiger partial charge in [0.1, 0.15) is 11.7 Å². The number of carbonyl (C=O) groups is 2. The minimum atomic E-state index is -0.664. The minimum absolute atomic E-state index is 0.0838. The molecule has 2 aliphatic rings. The monoisotopic (exact) mass is 457 g/mol. The van der Waals surface area contributed by atoms with Gasteiger partial charge in [-0.15, -0.1) is 0 Å². The first-order valence-corrected chi connectivity index (χ1v) is 12.2. The molecule has 1 aromatic carbocycles. The summed E-state index contributed by atoms with van der Waals surface area (Å²) in [6.07, 6.45) is 8.59. The Morgan fingerprint density at radius 2 is 1.55 bits per heavy atom. The molecule has 1 saturated carbocycles. The largest absolute Gasteiger partial charge is 0.462 e. The zero-order valence-corrected chi connectivity index (χ0v) is 20.8. The Hall–Kier alpha value is -2.18. The molecule has 0 unspecified atom stereocenters. The number of ether oxygens (including phenoxy) is 2. The van der Waals surface area contributed by atoms with Gasteiger partial charge in [-0.25, -0.2) is 9.59 Å². The average molecular weight is 458 g/mol. The summed E-state index contributed by atoms with van der Waals surface area (Å²) < 4.78 is 11.0. The molecule has 0 N–H and O–H groups in total. The van der Waals surface area contributed by atoms with Crippen LogP contribution in [0.5, 0.6) is 0 Å². The van der Waals surface area contributed by atoms with Crippen LogP contribution in [0.25, 0.3) is 6.08 Å². The molecule has 182 valence electrons. The lowest BCUT2D eigenvalue weighted by Crippen LogP contribution is -2.63. The van der Waals surface area contributed by atoms with Crippen molar-refractivity contribution in [2.45, 2.75) is 103 Å². The van der Waals surface area contributed by atoms with Crippen molar-refractivity contribution in [3.05, 3.63) is 41.5 Å². The Bertz CT molecular complexity index is 821. The van der Waals surface area contributed by atoms with E-state index in [0.717, 1.165) is 18.4 Å². The Morgan fingerprint density at radius 1 is 0.939 bits per heavy atom. The van der Waals surface area contributed by atoms with E-state index in [2.05, 4.69) is 32.8 Å². The highest BCUT2D eigenvalue weighted by Gasteiger charge is 2.49. The first kappa shape index (κ1) is 25.4. The maximum atomic E-state index is 13.1. The normalized spacial score (nSPS) is 22.0. The fourth-order valence-corrected chi connectivity index (χ4v) is 5.20. The molecule has 0 atom stereocenters. The lowest BCUT2D eigenvalue weighted by Gasteiger charge is -2.54. The van der Waals surface area contributed by atoms with E-state index in [4.69, 9.17) is 14.3 Å². The molecule has 0 aromatic heterocycles. The SMILES string of the molecule is CCOC(=O)C(=Cc1ccccc1)C(=O)OC1CC(C)(C)N(OC2CCCCC2)C(C)(C)C1. The van der Waals surface area contributed by atoms with Gasteiger partial charge in [0.25, 0.3) is 0 Å². The first-order chi connectivity index (χ1) is 15.6. The van der Waals surface area contributed by atoms with E-state index in [1.807, 2.05) is 30.3 Å². The Kier molecular flexibility index (Phi) is 8.35. The highest BCUT2D eigenvalue weighted by atomic mass is 16.7. The Balaban J connectivity index is 1.74. The van der Waals surface area contributed by atoms with Gasteiger partial charge in [0.2, 0.25) is 0 Å². The van der Waals surface area contributed by atoms with Gasteiger partial charge in [-0.05, 0) is 59.1 Å². The number of hydrogen-bond acceptors (Lipinski definition) is 6. The van der Waals surface area contributed by atoms with Crippen LogP contribution in [0.1, 0.15) is 85.1 Å². The molecular formula is C27H39NO5. The van der Waals surface area contributed by atoms with Crippen LogP contribution < -0.4 is 0 Å². The molecule has 0 bridgehead atoms. The van der Waals surface area contributed by atoms with Gasteiger partial charge in [-0.3, -0.25) is 4.84 Å². The number of benzene rings is 1. The van der Waals surface area contributed by atoms with E-state index in [0.29, 0.717) is 12.8 Å². The van der Waals surface area contributed by atoms with Crippen molar-refractivity contribution in [2.75, 3.05) is 6.61 Å². The highest BCUT2D eigenvalue weighted by molar-refractivity contribution is 6.17. The van der Waals surface area contributed by atoms with Gasteiger partial charge in [-0.2, -0.15) is 5.06 Å². The minimum Gasteiger partial charge on any atom is -0.462 e. The molecule has 6 nitrogen and oxygen atoms in total. The van der Waals surface area contributed by atoms with Gasteiger partial charge in [0, 0.05) is 23.9 Å². The van der Waals surface area contributed by atoms with Crippen molar-refractivity contribution < 1.29 is 23.9 Å². The van der Waals surface area contributed by atoms with Crippen LogP contribution in [-0.2, 0) is 23.9 Å². The van der Waals surface area contributed by atoms with Crippen LogP contribution in [-0.4, -0.2) is 46.9 Å². The van der Waals surface area contributed by atoms with E-state index in [1.54, 1.807) is 6.92 Å². The van der Waals surface area contributed by atoms with Crippen LogP contribution in [0.4, 0.5) is 0 Å². The quantitative estimate of drug-likeness (QED) is 0.234. The van der Waals surface area contributed by atoms with E-state index >= 15 is 0 Å². The van der Waals surface area contributed by atoms with Crippen molar-refractivity contribution in [3.8, 4) is 0 Å². The van der Waals surface area contributed by atoms with Crippen molar-refractivity contribution in [1.29, 1.82) is 0 Å². The molecule has 1 aliphatic heterocycles. The van der Waals surface area contributed by atoms with E-state index in [9.17, 15) is 9.59 Å². The second-order valence-electron chi connectivity index (χ2n) is 10.4. The van der Waals surface area contributed by atoms with Gasteiger partial charge >= 0.3 is 11.9 Å². The van der Waals surface area contributed by atoms with E-state index in [-0.39, 0.29) is 35.5 Å². The fraction of sp³-hybridized carbons (Fsp3) is 0.630. The zero-order chi connectivity index (χ0) is 24.1. The summed E-state index contributed by atoms with van der Waals surface area (Å²) in [5, 5.41) is 2.13. The van der Waals surface area contributed by atoms with E-state index in [1.165, 1.54) is 25.3 Å². The average Bonchev–Trinajstić information content (AvgIpc) is 2.75. The third kappa shape index (κ3) is 6.67. The molecular weight excluding hydrogens is 418 g/mol. The summed E-state index contributed by atoms with van der Waals surface area (Å²) in [7, 11) is 0. The molecule has 3 rings (SSSR count). The van der Waals surface area contributed by atoms with Crippen molar-refractivity contribution in [2.24, 2.45) is 0 Å². The number of hydrogen-bond donors (Lipinski definition) is 0. The topological polar surface area (TPSA) is 65.1 Å². The van der Waals surface area contributed by atoms with Crippen molar-refractivity contribution >= 4 is 18.0 Å². The molecule has 1 saturated heterocycles. The number of esters is 2. The maximum Gasteiger partial charge on any atom is 0.345 e. The molecule has 2 fully saturated rings.